The molecule has 0 aliphatic carbocycles. The summed E-state index contributed by atoms with van der Waals surface area (Å²) in [4.78, 5) is 12.4. The van der Waals surface area contributed by atoms with Gasteiger partial charge in [0.2, 0.25) is 5.95 Å². The second kappa shape index (κ2) is 5.92. The summed E-state index contributed by atoms with van der Waals surface area (Å²) in [6.07, 6.45) is 4.52. The fourth-order valence-electron chi connectivity index (χ4n) is 1.60. The highest BCUT2D eigenvalue weighted by Gasteiger charge is 2.00. The summed E-state index contributed by atoms with van der Waals surface area (Å²) in [7, 11) is 0. The number of pyridine rings is 1. The van der Waals surface area contributed by atoms with Crippen LogP contribution in [0, 0.1) is 6.92 Å². The molecule has 0 saturated heterocycles. The van der Waals surface area contributed by atoms with Crippen LogP contribution in [0.2, 0.25) is 0 Å². The highest BCUT2D eigenvalue weighted by molar-refractivity contribution is 5.41. The van der Waals surface area contributed by atoms with Crippen molar-refractivity contribution in [2.45, 2.75) is 13.3 Å². The average Bonchev–Trinajstić information content (AvgIpc) is 2.39. The molecule has 2 aromatic heterocycles. The fourth-order valence-corrected chi connectivity index (χ4v) is 1.60. The monoisotopic (exact) mass is 244 g/mol. The summed E-state index contributed by atoms with van der Waals surface area (Å²) in [5.41, 5.74) is 4.49. The van der Waals surface area contributed by atoms with Crippen LogP contribution in [0.5, 0.6) is 0 Å². The number of aryl methyl sites for hydroxylation is 1. The molecule has 0 saturated carbocycles. The molecule has 6 nitrogen and oxygen atoms in total. The number of nitrogens with zero attached hydrogens (tertiary/aromatic N) is 3. The van der Waals surface area contributed by atoms with Crippen LogP contribution in [0.3, 0.4) is 0 Å². The van der Waals surface area contributed by atoms with Gasteiger partial charge in [-0.3, -0.25) is 10.4 Å². The van der Waals surface area contributed by atoms with Gasteiger partial charge in [-0.05, 0) is 25.0 Å². The molecule has 0 amide bonds. The van der Waals surface area contributed by atoms with Crippen molar-refractivity contribution in [1.29, 1.82) is 0 Å². The van der Waals surface area contributed by atoms with Crippen molar-refractivity contribution in [1.82, 2.24) is 15.0 Å². The number of hydrogen-bond acceptors (Lipinski definition) is 6. The van der Waals surface area contributed by atoms with Crippen LogP contribution in [0.25, 0.3) is 0 Å². The summed E-state index contributed by atoms with van der Waals surface area (Å²) in [5.74, 6) is 6.48. The van der Waals surface area contributed by atoms with Gasteiger partial charge in [0.15, 0.2) is 0 Å². The minimum absolute atomic E-state index is 0.416. The van der Waals surface area contributed by atoms with E-state index in [1.807, 2.05) is 31.3 Å². The van der Waals surface area contributed by atoms with Crippen LogP contribution >= 0.6 is 0 Å². The lowest BCUT2D eigenvalue weighted by atomic mass is 10.2. The molecule has 6 heteroatoms. The van der Waals surface area contributed by atoms with E-state index in [0.717, 1.165) is 24.5 Å². The number of rotatable bonds is 5. The van der Waals surface area contributed by atoms with Gasteiger partial charge in [-0.15, -0.1) is 0 Å². The van der Waals surface area contributed by atoms with Gasteiger partial charge in [0.05, 0.1) is 0 Å². The number of hydrazine groups is 1. The summed E-state index contributed by atoms with van der Waals surface area (Å²) in [6, 6.07) is 5.86. The molecule has 0 atom stereocenters. The van der Waals surface area contributed by atoms with E-state index in [1.54, 1.807) is 6.20 Å². The normalized spacial score (nSPS) is 10.1. The van der Waals surface area contributed by atoms with Gasteiger partial charge in [-0.1, -0.05) is 6.07 Å². The standard InChI is InChI=1S/C12H16N6/c1-9-7-11(17-12(16-9)18-13)15-6-4-10-3-2-5-14-8-10/h2-3,5,7-8H,4,6,13H2,1H3,(H2,15,16,17,18). The second-order valence-corrected chi connectivity index (χ2v) is 3.90. The molecular weight excluding hydrogens is 228 g/mol. The van der Waals surface area contributed by atoms with Crippen LogP contribution in [0.4, 0.5) is 11.8 Å². The number of nitrogens with one attached hydrogen (secondary N) is 2. The first-order chi connectivity index (χ1) is 8.78. The Morgan fingerprint density at radius 3 is 2.94 bits per heavy atom. The maximum Gasteiger partial charge on any atom is 0.239 e. The quantitative estimate of drug-likeness (QED) is 0.539. The topological polar surface area (TPSA) is 88.8 Å². The molecule has 0 fully saturated rings. The lowest BCUT2D eigenvalue weighted by Crippen LogP contribution is -2.13. The molecule has 0 spiro atoms. The van der Waals surface area contributed by atoms with Crippen molar-refractivity contribution in [3.8, 4) is 0 Å². The Kier molecular flexibility index (Phi) is 4.03. The smallest absolute Gasteiger partial charge is 0.239 e. The Hall–Kier alpha value is -2.21. The van der Waals surface area contributed by atoms with Crippen LogP contribution < -0.4 is 16.6 Å². The molecule has 2 rings (SSSR count). The maximum atomic E-state index is 5.30. The first-order valence-corrected chi connectivity index (χ1v) is 5.73. The molecule has 0 bridgehead atoms. The van der Waals surface area contributed by atoms with E-state index in [1.165, 1.54) is 5.56 Å². The predicted molar refractivity (Wildman–Crippen MR) is 71.0 cm³/mol. The number of hydrogen-bond donors (Lipinski definition) is 3. The second-order valence-electron chi connectivity index (χ2n) is 3.90. The molecule has 4 N–H and O–H groups in total. The van der Waals surface area contributed by atoms with Crippen LogP contribution in [0.15, 0.2) is 30.6 Å². The van der Waals surface area contributed by atoms with Gasteiger partial charge >= 0.3 is 0 Å². The Labute approximate surface area is 106 Å². The summed E-state index contributed by atoms with van der Waals surface area (Å²) in [5, 5.41) is 3.23. The average molecular weight is 244 g/mol. The molecule has 2 aromatic rings. The fraction of sp³-hybridized carbons (Fsp3) is 0.250. The number of nitrogen functional groups attached to an aromatic ring is 1. The van der Waals surface area contributed by atoms with E-state index < -0.39 is 0 Å². The number of anilines is 2. The Bertz CT molecular complexity index is 499. The predicted octanol–water partition coefficient (Wildman–Crippen LogP) is 1.12. The summed E-state index contributed by atoms with van der Waals surface area (Å²) >= 11 is 0. The Morgan fingerprint density at radius 1 is 1.33 bits per heavy atom. The van der Waals surface area contributed by atoms with Crippen LogP contribution in [-0.4, -0.2) is 21.5 Å². The molecule has 18 heavy (non-hydrogen) atoms. The summed E-state index contributed by atoms with van der Waals surface area (Å²) < 4.78 is 0. The lowest BCUT2D eigenvalue weighted by Gasteiger charge is -2.07. The van der Waals surface area contributed by atoms with Crippen molar-refractivity contribution in [2.24, 2.45) is 5.84 Å². The zero-order valence-electron chi connectivity index (χ0n) is 10.2. The minimum atomic E-state index is 0.416. The first-order valence-electron chi connectivity index (χ1n) is 5.73. The molecule has 0 aliphatic rings. The van der Waals surface area contributed by atoms with Crippen LogP contribution in [-0.2, 0) is 6.42 Å². The lowest BCUT2D eigenvalue weighted by molar-refractivity contribution is 0.981. The van der Waals surface area contributed by atoms with E-state index in [-0.39, 0.29) is 0 Å². The third-order valence-corrected chi connectivity index (χ3v) is 2.43. The number of nitrogens with two attached hydrogens (primary N) is 1. The van der Waals surface area contributed by atoms with E-state index >= 15 is 0 Å². The van der Waals surface area contributed by atoms with Gasteiger partial charge in [-0.25, -0.2) is 10.8 Å². The van der Waals surface area contributed by atoms with Crippen molar-refractivity contribution in [2.75, 3.05) is 17.3 Å². The molecule has 0 aromatic carbocycles. The number of aromatic nitrogens is 3. The van der Waals surface area contributed by atoms with E-state index in [0.29, 0.717) is 5.95 Å². The zero-order valence-corrected chi connectivity index (χ0v) is 10.2. The summed E-state index contributed by atoms with van der Waals surface area (Å²) in [6.45, 7) is 2.68. The molecule has 0 unspecified atom stereocenters. The van der Waals surface area contributed by atoms with Crippen LogP contribution in [0.1, 0.15) is 11.3 Å². The highest BCUT2D eigenvalue weighted by Crippen LogP contribution is 2.08. The molecule has 0 aliphatic heterocycles. The van der Waals surface area contributed by atoms with E-state index in [4.69, 9.17) is 5.84 Å². The van der Waals surface area contributed by atoms with Crippen molar-refractivity contribution < 1.29 is 0 Å². The van der Waals surface area contributed by atoms with Gasteiger partial charge in [0.1, 0.15) is 5.82 Å². The third-order valence-electron chi connectivity index (χ3n) is 2.43. The highest BCUT2D eigenvalue weighted by atomic mass is 15.3. The van der Waals surface area contributed by atoms with Crippen molar-refractivity contribution in [3.63, 3.8) is 0 Å². The SMILES string of the molecule is Cc1cc(NCCc2cccnc2)nc(NN)n1. The molecular formula is C12H16N6. The Morgan fingerprint density at radius 2 is 2.22 bits per heavy atom. The first kappa shape index (κ1) is 12.3. The molecule has 0 radical (unpaired) electrons. The maximum absolute atomic E-state index is 5.30. The molecule has 94 valence electrons. The zero-order chi connectivity index (χ0) is 12.8. The minimum Gasteiger partial charge on any atom is -0.370 e. The molecule has 2 heterocycles. The van der Waals surface area contributed by atoms with Gasteiger partial charge in [0, 0.05) is 30.7 Å². The van der Waals surface area contributed by atoms with E-state index in [2.05, 4.69) is 25.7 Å². The van der Waals surface area contributed by atoms with Gasteiger partial charge in [0.25, 0.3) is 0 Å². The third kappa shape index (κ3) is 3.39. The van der Waals surface area contributed by atoms with Crippen molar-refractivity contribution in [3.05, 3.63) is 41.9 Å². The van der Waals surface area contributed by atoms with Gasteiger partial charge in [-0.2, -0.15) is 4.98 Å². The van der Waals surface area contributed by atoms with Crippen molar-refractivity contribution >= 4 is 11.8 Å². The van der Waals surface area contributed by atoms with Gasteiger partial charge < -0.3 is 5.32 Å². The largest absolute Gasteiger partial charge is 0.370 e. The Balaban J connectivity index is 1.92. The van der Waals surface area contributed by atoms with E-state index in [9.17, 15) is 0 Å².